The van der Waals surface area contributed by atoms with Crippen molar-refractivity contribution in [2.24, 2.45) is 0 Å². The quantitative estimate of drug-likeness (QED) is 0.875. The number of hydrogen-bond donors (Lipinski definition) is 1. The second kappa shape index (κ2) is 5.31. The van der Waals surface area contributed by atoms with Crippen molar-refractivity contribution in [3.63, 3.8) is 0 Å². The molecule has 0 saturated heterocycles. The Kier molecular flexibility index (Phi) is 4.28. The third kappa shape index (κ3) is 2.85. The van der Waals surface area contributed by atoms with Gasteiger partial charge in [0.1, 0.15) is 0 Å². The summed E-state index contributed by atoms with van der Waals surface area (Å²) >= 11 is 0. The van der Waals surface area contributed by atoms with E-state index in [0.717, 1.165) is 0 Å². The number of carboxylic acids is 1. The highest BCUT2D eigenvalue weighted by molar-refractivity contribution is 7.93. The van der Waals surface area contributed by atoms with Gasteiger partial charge in [0.15, 0.2) is 15.1 Å². The van der Waals surface area contributed by atoms with Gasteiger partial charge in [-0.25, -0.2) is 8.42 Å². The Bertz CT molecular complexity index is 478. The van der Waals surface area contributed by atoms with E-state index < -0.39 is 26.3 Å². The monoisotopic (exact) mass is 256 g/mol. The highest BCUT2D eigenvalue weighted by atomic mass is 32.2. The number of benzene rings is 1. The van der Waals surface area contributed by atoms with Gasteiger partial charge in [-0.05, 0) is 18.9 Å². The molecule has 0 amide bonds. The fourth-order valence-corrected chi connectivity index (χ4v) is 3.48. The van der Waals surface area contributed by atoms with E-state index in [-0.39, 0.29) is 6.42 Å². The van der Waals surface area contributed by atoms with Crippen LogP contribution in [0.15, 0.2) is 30.3 Å². The maximum absolute atomic E-state index is 12.1. The minimum Gasteiger partial charge on any atom is -0.480 e. The highest BCUT2D eigenvalue weighted by Gasteiger charge is 2.35. The number of hydrogen-bond acceptors (Lipinski definition) is 3. The smallest absolute Gasteiger partial charge is 0.321 e. The van der Waals surface area contributed by atoms with Crippen LogP contribution in [-0.4, -0.2) is 24.7 Å². The van der Waals surface area contributed by atoms with E-state index in [9.17, 15) is 13.2 Å². The van der Waals surface area contributed by atoms with Crippen molar-refractivity contribution in [2.45, 2.75) is 30.8 Å². The van der Waals surface area contributed by atoms with Crippen LogP contribution < -0.4 is 0 Å². The summed E-state index contributed by atoms with van der Waals surface area (Å²) < 4.78 is 24.2. The molecule has 0 aliphatic carbocycles. The summed E-state index contributed by atoms with van der Waals surface area (Å²) in [6.07, 6.45) is 0.0782. The van der Waals surface area contributed by atoms with Gasteiger partial charge < -0.3 is 5.11 Å². The fourth-order valence-electron chi connectivity index (χ4n) is 1.71. The van der Waals surface area contributed by atoms with Crippen molar-refractivity contribution in [1.29, 1.82) is 0 Å². The summed E-state index contributed by atoms with van der Waals surface area (Å²) in [6.45, 7) is 3.09. The Hall–Kier alpha value is -1.36. The standard InChI is InChI=1S/C12H16O4S/c1-3-11(12(13)14)17(15,16)9(2)10-7-5-4-6-8-10/h4-9,11H,3H2,1-2H3,(H,13,14). The number of rotatable bonds is 5. The highest BCUT2D eigenvalue weighted by Crippen LogP contribution is 2.26. The number of carboxylic acid groups (broad SMARTS) is 1. The van der Waals surface area contributed by atoms with Crippen molar-refractivity contribution in [2.75, 3.05) is 0 Å². The molecule has 5 heteroatoms. The Morgan fingerprint density at radius 3 is 2.24 bits per heavy atom. The first-order chi connectivity index (χ1) is 7.91. The molecule has 0 radical (unpaired) electrons. The van der Waals surface area contributed by atoms with Crippen LogP contribution in [0.2, 0.25) is 0 Å². The average Bonchev–Trinajstić information content (AvgIpc) is 2.29. The predicted molar refractivity (Wildman–Crippen MR) is 65.5 cm³/mol. The first kappa shape index (κ1) is 13.7. The molecule has 0 aromatic heterocycles. The summed E-state index contributed by atoms with van der Waals surface area (Å²) in [5, 5.41) is 6.79. The largest absolute Gasteiger partial charge is 0.480 e. The predicted octanol–water partition coefficient (Wildman–Crippen LogP) is 2.03. The first-order valence-electron chi connectivity index (χ1n) is 5.41. The van der Waals surface area contributed by atoms with Crippen molar-refractivity contribution in [3.8, 4) is 0 Å². The zero-order chi connectivity index (χ0) is 13.1. The van der Waals surface area contributed by atoms with E-state index in [1.165, 1.54) is 6.92 Å². The van der Waals surface area contributed by atoms with Gasteiger partial charge in [0.2, 0.25) is 0 Å². The summed E-state index contributed by atoms with van der Waals surface area (Å²) in [5.41, 5.74) is 0.618. The minimum absolute atomic E-state index is 0.0782. The molecule has 0 heterocycles. The van der Waals surface area contributed by atoms with Crippen LogP contribution >= 0.6 is 0 Å². The second-order valence-corrected chi connectivity index (χ2v) is 6.33. The van der Waals surface area contributed by atoms with Gasteiger partial charge in [-0.2, -0.15) is 0 Å². The third-order valence-electron chi connectivity index (χ3n) is 2.80. The van der Waals surface area contributed by atoms with Gasteiger partial charge >= 0.3 is 5.97 Å². The Balaban J connectivity index is 3.11. The summed E-state index contributed by atoms with van der Waals surface area (Å²) in [4.78, 5) is 10.9. The average molecular weight is 256 g/mol. The molecule has 1 aromatic carbocycles. The van der Waals surface area contributed by atoms with Gasteiger partial charge in [-0.1, -0.05) is 37.3 Å². The number of sulfone groups is 1. The molecular formula is C12H16O4S. The van der Waals surface area contributed by atoms with Crippen LogP contribution in [-0.2, 0) is 14.6 Å². The van der Waals surface area contributed by atoms with Gasteiger partial charge in [0.25, 0.3) is 0 Å². The SMILES string of the molecule is CCC(C(=O)O)S(=O)(=O)C(C)c1ccccc1. The van der Waals surface area contributed by atoms with Crippen LogP contribution in [0.1, 0.15) is 31.1 Å². The van der Waals surface area contributed by atoms with Crippen LogP contribution in [0.4, 0.5) is 0 Å². The zero-order valence-electron chi connectivity index (χ0n) is 9.83. The van der Waals surface area contributed by atoms with E-state index in [1.54, 1.807) is 37.3 Å². The summed E-state index contributed by atoms with van der Waals surface area (Å²) in [5.74, 6) is -1.28. The van der Waals surface area contributed by atoms with Crippen molar-refractivity contribution in [3.05, 3.63) is 35.9 Å². The lowest BCUT2D eigenvalue weighted by Crippen LogP contribution is -2.32. The molecule has 17 heavy (non-hydrogen) atoms. The van der Waals surface area contributed by atoms with E-state index in [1.807, 2.05) is 0 Å². The number of carbonyl (C=O) groups is 1. The molecule has 2 atom stereocenters. The lowest BCUT2D eigenvalue weighted by molar-refractivity contribution is -0.136. The van der Waals surface area contributed by atoms with E-state index in [0.29, 0.717) is 5.56 Å². The van der Waals surface area contributed by atoms with Crippen LogP contribution in [0, 0.1) is 0 Å². The molecule has 94 valence electrons. The van der Waals surface area contributed by atoms with Gasteiger partial charge in [0.05, 0.1) is 5.25 Å². The van der Waals surface area contributed by atoms with Crippen molar-refractivity contribution >= 4 is 15.8 Å². The molecule has 0 saturated carbocycles. The fraction of sp³-hybridized carbons (Fsp3) is 0.417. The molecule has 1 aromatic rings. The van der Waals surface area contributed by atoms with Crippen LogP contribution in [0.5, 0.6) is 0 Å². The van der Waals surface area contributed by atoms with E-state index in [2.05, 4.69) is 0 Å². The topological polar surface area (TPSA) is 71.4 Å². The molecule has 0 bridgehead atoms. The molecule has 0 fully saturated rings. The molecule has 2 unspecified atom stereocenters. The van der Waals surface area contributed by atoms with Crippen LogP contribution in [0.25, 0.3) is 0 Å². The van der Waals surface area contributed by atoms with Gasteiger partial charge in [0, 0.05) is 0 Å². The lowest BCUT2D eigenvalue weighted by atomic mass is 10.2. The Labute approximate surface area is 101 Å². The van der Waals surface area contributed by atoms with Gasteiger partial charge in [-0.3, -0.25) is 4.79 Å². The molecule has 0 spiro atoms. The molecule has 1 rings (SSSR count). The lowest BCUT2D eigenvalue weighted by Gasteiger charge is -2.18. The first-order valence-corrected chi connectivity index (χ1v) is 7.02. The van der Waals surface area contributed by atoms with E-state index in [4.69, 9.17) is 5.11 Å². The zero-order valence-corrected chi connectivity index (χ0v) is 10.6. The van der Waals surface area contributed by atoms with E-state index >= 15 is 0 Å². The summed E-state index contributed by atoms with van der Waals surface area (Å²) in [7, 11) is -3.70. The number of aliphatic carboxylic acids is 1. The molecule has 1 N–H and O–H groups in total. The normalized spacial score (nSPS) is 15.2. The van der Waals surface area contributed by atoms with Gasteiger partial charge in [-0.15, -0.1) is 0 Å². The maximum Gasteiger partial charge on any atom is 0.321 e. The second-order valence-electron chi connectivity index (χ2n) is 3.88. The molecular weight excluding hydrogens is 240 g/mol. The summed E-state index contributed by atoms with van der Waals surface area (Å²) in [6, 6.07) is 8.65. The van der Waals surface area contributed by atoms with Crippen molar-refractivity contribution < 1.29 is 18.3 Å². The van der Waals surface area contributed by atoms with Crippen molar-refractivity contribution in [1.82, 2.24) is 0 Å². The van der Waals surface area contributed by atoms with Crippen LogP contribution in [0.3, 0.4) is 0 Å². The molecule has 0 aliphatic rings. The maximum atomic E-state index is 12.1. The molecule has 4 nitrogen and oxygen atoms in total. The molecule has 0 aliphatic heterocycles. The minimum atomic E-state index is -3.70. The Morgan fingerprint density at radius 2 is 1.82 bits per heavy atom. The Morgan fingerprint density at radius 1 is 1.29 bits per heavy atom. The third-order valence-corrected chi connectivity index (χ3v) is 5.39.